The first kappa shape index (κ1) is 22.8. The second kappa shape index (κ2) is 8.46. The van der Waals surface area contributed by atoms with Crippen LogP contribution in [0.4, 0.5) is 0 Å². The van der Waals surface area contributed by atoms with Gasteiger partial charge in [0.2, 0.25) is 0 Å². The molecule has 1 unspecified atom stereocenters. The van der Waals surface area contributed by atoms with Crippen molar-refractivity contribution in [2.45, 2.75) is 56.1 Å². The zero-order valence-corrected chi connectivity index (χ0v) is 21.6. The Labute approximate surface area is 210 Å². The van der Waals surface area contributed by atoms with Gasteiger partial charge in [0.05, 0.1) is 26.2 Å². The highest BCUT2D eigenvalue weighted by molar-refractivity contribution is 9.10. The van der Waals surface area contributed by atoms with Crippen LogP contribution < -0.4 is 0 Å². The number of fused-ring (bicyclic) bond motifs is 5. The lowest BCUT2D eigenvalue weighted by molar-refractivity contribution is -0.203. The van der Waals surface area contributed by atoms with Crippen LogP contribution >= 0.6 is 15.9 Å². The van der Waals surface area contributed by atoms with Crippen LogP contribution in [-0.2, 0) is 30.8 Å². The zero-order chi connectivity index (χ0) is 23.5. The van der Waals surface area contributed by atoms with Gasteiger partial charge in [-0.2, -0.15) is 0 Å². The Morgan fingerprint density at radius 1 is 1.03 bits per heavy atom. The molecule has 1 aliphatic heterocycles. The van der Waals surface area contributed by atoms with Crippen molar-refractivity contribution in [1.29, 1.82) is 0 Å². The Balaban J connectivity index is 1.54. The number of methoxy groups -OCH3 is 1. The van der Waals surface area contributed by atoms with Crippen LogP contribution in [0, 0.1) is 23.7 Å². The summed E-state index contributed by atoms with van der Waals surface area (Å²) in [6.07, 6.45) is 5.15. The molecule has 4 nitrogen and oxygen atoms in total. The van der Waals surface area contributed by atoms with Crippen LogP contribution in [0.15, 0.2) is 53.0 Å². The molecule has 0 bridgehead atoms. The van der Waals surface area contributed by atoms with Crippen molar-refractivity contribution in [3.63, 3.8) is 0 Å². The maximum absolute atomic E-state index is 13.5. The molecule has 0 aromatic heterocycles. The molecule has 3 fully saturated rings. The van der Waals surface area contributed by atoms with Gasteiger partial charge in [-0.25, -0.2) is 0 Å². The molecule has 5 heteroatoms. The van der Waals surface area contributed by atoms with E-state index in [4.69, 9.17) is 14.2 Å². The predicted octanol–water partition coefficient (Wildman–Crippen LogP) is 6.02. The van der Waals surface area contributed by atoms with Gasteiger partial charge in [0.25, 0.3) is 0 Å². The molecule has 6 atom stereocenters. The lowest BCUT2D eigenvalue weighted by Crippen LogP contribution is -2.56. The second-order valence-corrected chi connectivity index (χ2v) is 11.7. The molecule has 4 aliphatic rings. The minimum Gasteiger partial charge on any atom is -0.469 e. The van der Waals surface area contributed by atoms with Gasteiger partial charge >= 0.3 is 5.97 Å². The van der Waals surface area contributed by atoms with E-state index in [0.717, 1.165) is 36.6 Å². The summed E-state index contributed by atoms with van der Waals surface area (Å²) < 4.78 is 19.2. The number of hydrogen-bond acceptors (Lipinski definition) is 4. The highest BCUT2D eigenvalue weighted by Crippen LogP contribution is 2.67. The molecule has 0 amide bonds. The number of ether oxygens (including phenoxy) is 3. The number of aryl methyl sites for hydroxylation is 1. The smallest absolute Gasteiger partial charge is 0.309 e. The first-order valence-electron chi connectivity index (χ1n) is 12.7. The van der Waals surface area contributed by atoms with Crippen LogP contribution in [-0.4, -0.2) is 32.1 Å². The van der Waals surface area contributed by atoms with Crippen molar-refractivity contribution >= 4 is 21.9 Å². The minimum atomic E-state index is -0.623. The SMILES string of the molecule is COC(=O)[C@H]1C[C@]2(c3ccc(Br)cc3)C(C3(C)OCCO3)CC[C@H]2[C@@H]2CCc3ccccc3[C@@H]21. The predicted molar refractivity (Wildman–Crippen MR) is 133 cm³/mol. The van der Waals surface area contributed by atoms with Gasteiger partial charge in [0.1, 0.15) is 0 Å². The Hall–Kier alpha value is -1.69. The van der Waals surface area contributed by atoms with Gasteiger partial charge in [-0.15, -0.1) is 0 Å². The van der Waals surface area contributed by atoms with Gasteiger partial charge < -0.3 is 14.2 Å². The van der Waals surface area contributed by atoms with E-state index in [2.05, 4.69) is 71.4 Å². The molecule has 2 aromatic carbocycles. The molecule has 3 aliphatic carbocycles. The highest BCUT2D eigenvalue weighted by Gasteiger charge is 2.66. The molecule has 6 rings (SSSR count). The fourth-order valence-corrected chi connectivity index (χ4v) is 8.69. The molecule has 2 saturated carbocycles. The summed E-state index contributed by atoms with van der Waals surface area (Å²) in [5, 5.41) is 0. The normalized spacial score (nSPS) is 35.8. The van der Waals surface area contributed by atoms with E-state index in [1.165, 1.54) is 16.7 Å². The third-order valence-electron chi connectivity index (χ3n) is 9.56. The summed E-state index contributed by atoms with van der Waals surface area (Å²) in [6, 6.07) is 17.6. The fraction of sp³-hybridized carbons (Fsp3) is 0.552. The Morgan fingerprint density at radius 2 is 1.76 bits per heavy atom. The first-order valence-corrected chi connectivity index (χ1v) is 13.5. The number of benzene rings is 2. The van der Waals surface area contributed by atoms with Gasteiger partial charge in [0, 0.05) is 21.7 Å². The summed E-state index contributed by atoms with van der Waals surface area (Å²) in [4.78, 5) is 13.5. The summed E-state index contributed by atoms with van der Waals surface area (Å²) in [7, 11) is 1.54. The van der Waals surface area contributed by atoms with E-state index in [9.17, 15) is 4.79 Å². The van der Waals surface area contributed by atoms with E-state index in [0.29, 0.717) is 25.0 Å². The van der Waals surface area contributed by atoms with E-state index in [1.54, 1.807) is 7.11 Å². The summed E-state index contributed by atoms with van der Waals surface area (Å²) >= 11 is 3.63. The number of carbonyl (C=O) groups is 1. The maximum Gasteiger partial charge on any atom is 0.309 e. The molecule has 2 aromatic rings. The van der Waals surface area contributed by atoms with E-state index in [-0.39, 0.29) is 29.1 Å². The van der Waals surface area contributed by atoms with Crippen molar-refractivity contribution in [1.82, 2.24) is 0 Å². The van der Waals surface area contributed by atoms with Crippen molar-refractivity contribution in [2.24, 2.45) is 23.7 Å². The van der Waals surface area contributed by atoms with Crippen LogP contribution in [0.1, 0.15) is 55.2 Å². The molecule has 0 spiro atoms. The quantitative estimate of drug-likeness (QED) is 0.460. The summed E-state index contributed by atoms with van der Waals surface area (Å²) in [5.41, 5.74) is 3.89. The van der Waals surface area contributed by atoms with Crippen LogP contribution in [0.2, 0.25) is 0 Å². The molecular weight excluding hydrogens is 492 g/mol. The van der Waals surface area contributed by atoms with Crippen molar-refractivity contribution in [2.75, 3.05) is 20.3 Å². The van der Waals surface area contributed by atoms with Gasteiger partial charge in [-0.1, -0.05) is 52.3 Å². The average Bonchev–Trinajstić information content (AvgIpc) is 3.48. The van der Waals surface area contributed by atoms with E-state index in [1.807, 2.05) is 0 Å². The third-order valence-corrected chi connectivity index (χ3v) is 10.1. The lowest BCUT2D eigenvalue weighted by Gasteiger charge is -2.56. The monoisotopic (exact) mass is 524 g/mol. The van der Waals surface area contributed by atoms with Crippen molar-refractivity contribution in [3.8, 4) is 0 Å². The summed E-state index contributed by atoms with van der Waals surface area (Å²) in [6.45, 7) is 3.39. The number of hydrogen-bond donors (Lipinski definition) is 0. The first-order chi connectivity index (χ1) is 16.5. The molecule has 1 saturated heterocycles. The molecule has 34 heavy (non-hydrogen) atoms. The molecule has 0 radical (unpaired) electrons. The molecule has 0 N–H and O–H groups in total. The molecular formula is C29H33BrO4. The number of carbonyl (C=O) groups excluding carboxylic acids is 1. The second-order valence-electron chi connectivity index (χ2n) is 10.8. The van der Waals surface area contributed by atoms with Gasteiger partial charge in [-0.05, 0) is 79.7 Å². The lowest BCUT2D eigenvalue weighted by atomic mass is 9.48. The van der Waals surface area contributed by atoms with Crippen LogP contribution in [0.3, 0.4) is 0 Å². The van der Waals surface area contributed by atoms with E-state index < -0.39 is 5.79 Å². The van der Waals surface area contributed by atoms with Crippen molar-refractivity contribution < 1.29 is 19.0 Å². The number of esters is 1. The standard InChI is InChI=1S/C29H33BrO4/c1-28(33-15-16-34-28)25-14-13-24-22-12-7-18-5-3-4-6-21(18)26(22)23(27(31)32-2)17-29(24,25)19-8-10-20(30)11-9-19/h3-6,8-11,22-26H,7,12-17H2,1-2H3/t22-,23-,24-,25?,26-,29+/m0/s1. The van der Waals surface area contributed by atoms with Crippen LogP contribution in [0.25, 0.3) is 0 Å². The van der Waals surface area contributed by atoms with Crippen LogP contribution in [0.5, 0.6) is 0 Å². The topological polar surface area (TPSA) is 44.8 Å². The Bertz CT molecular complexity index is 1080. The Morgan fingerprint density at radius 3 is 2.50 bits per heavy atom. The van der Waals surface area contributed by atoms with Gasteiger partial charge in [0.15, 0.2) is 5.79 Å². The van der Waals surface area contributed by atoms with E-state index >= 15 is 0 Å². The largest absolute Gasteiger partial charge is 0.469 e. The summed E-state index contributed by atoms with van der Waals surface area (Å²) in [5.74, 6) is 0.436. The zero-order valence-electron chi connectivity index (χ0n) is 20.0. The fourth-order valence-electron chi connectivity index (χ4n) is 8.42. The third kappa shape index (κ3) is 3.26. The maximum atomic E-state index is 13.5. The molecule has 1 heterocycles. The number of rotatable bonds is 3. The van der Waals surface area contributed by atoms with Crippen molar-refractivity contribution in [3.05, 3.63) is 69.7 Å². The number of halogens is 1. The molecule has 180 valence electrons. The van der Waals surface area contributed by atoms with Gasteiger partial charge in [-0.3, -0.25) is 4.79 Å². The average molecular weight is 525 g/mol. The Kier molecular flexibility index (Phi) is 5.66. The minimum absolute atomic E-state index is 0.0781. The highest BCUT2D eigenvalue weighted by atomic mass is 79.9.